The van der Waals surface area contributed by atoms with E-state index in [0.717, 1.165) is 46.8 Å². The van der Waals surface area contributed by atoms with Crippen molar-refractivity contribution in [3.63, 3.8) is 0 Å². The largest absolute Gasteiger partial charge is 0.497 e. The number of methoxy groups -OCH3 is 2. The number of ether oxygens (including phenoxy) is 2. The number of aryl methyl sites for hydroxylation is 1. The number of nitrogens with zero attached hydrogens (tertiary/aromatic N) is 2. The molecule has 0 aliphatic carbocycles. The Kier molecular flexibility index (Phi) is 8.48. The lowest BCUT2D eigenvalue weighted by Crippen LogP contribution is -2.16. The Morgan fingerprint density at radius 1 is 1.03 bits per heavy atom. The summed E-state index contributed by atoms with van der Waals surface area (Å²) in [6.45, 7) is 3.35. The maximum absolute atomic E-state index is 13.4. The summed E-state index contributed by atoms with van der Waals surface area (Å²) < 4.78 is 12.4. The molecule has 7 nitrogen and oxygen atoms in total. The number of nitrogen functional groups attached to an aromatic ring is 1. The van der Waals surface area contributed by atoms with E-state index in [2.05, 4.69) is 10.4 Å². The molecule has 0 fully saturated rings. The number of nitrogens with one attached hydrogen (secondary N) is 1. The van der Waals surface area contributed by atoms with Gasteiger partial charge in [0.15, 0.2) is 0 Å². The van der Waals surface area contributed by atoms with Gasteiger partial charge in [-0.15, -0.1) is 0 Å². The molecule has 0 spiro atoms. The van der Waals surface area contributed by atoms with Crippen LogP contribution < -0.4 is 20.5 Å². The van der Waals surface area contributed by atoms with Crippen molar-refractivity contribution >= 4 is 23.2 Å². The summed E-state index contributed by atoms with van der Waals surface area (Å²) >= 11 is 6.06. The summed E-state index contributed by atoms with van der Waals surface area (Å²) in [4.78, 5) is 13.4. The number of hydrogen-bond donors (Lipinski definition) is 2. The number of ketones is 1. The topological polar surface area (TPSA) is 91.4 Å². The van der Waals surface area contributed by atoms with Crippen molar-refractivity contribution in [3.05, 3.63) is 99.7 Å². The highest BCUT2D eigenvalue weighted by Gasteiger charge is 2.23. The monoisotopic (exact) mass is 518 g/mol. The molecule has 0 amide bonds. The molecule has 4 rings (SSSR count). The van der Waals surface area contributed by atoms with Crippen LogP contribution in [0.1, 0.15) is 39.2 Å². The summed E-state index contributed by atoms with van der Waals surface area (Å²) in [5, 5.41) is 8.71. The summed E-state index contributed by atoms with van der Waals surface area (Å²) in [7, 11) is 3.28. The van der Waals surface area contributed by atoms with Crippen molar-refractivity contribution in [2.24, 2.45) is 0 Å². The first-order valence-corrected chi connectivity index (χ1v) is 12.5. The van der Waals surface area contributed by atoms with Gasteiger partial charge in [-0.05, 0) is 56.6 Å². The van der Waals surface area contributed by atoms with Crippen molar-refractivity contribution in [1.82, 2.24) is 15.1 Å². The number of rotatable bonds is 11. The minimum atomic E-state index is -0.148. The molecule has 0 radical (unpaired) electrons. The number of nitrogens with two attached hydrogens (primary N) is 1. The van der Waals surface area contributed by atoms with E-state index < -0.39 is 0 Å². The second-order valence-electron chi connectivity index (χ2n) is 8.75. The van der Waals surface area contributed by atoms with Crippen LogP contribution in [-0.4, -0.2) is 36.3 Å². The van der Waals surface area contributed by atoms with Gasteiger partial charge < -0.3 is 20.5 Å². The second kappa shape index (κ2) is 12.0. The van der Waals surface area contributed by atoms with Crippen molar-refractivity contribution < 1.29 is 14.3 Å². The van der Waals surface area contributed by atoms with Crippen molar-refractivity contribution in [2.75, 3.05) is 26.5 Å². The molecule has 0 saturated heterocycles. The Balaban J connectivity index is 1.51. The van der Waals surface area contributed by atoms with Crippen LogP contribution in [0.5, 0.6) is 11.5 Å². The number of aromatic nitrogens is 2. The molecule has 0 atom stereocenters. The van der Waals surface area contributed by atoms with Crippen molar-refractivity contribution in [1.29, 1.82) is 0 Å². The smallest absolute Gasteiger partial charge is 0.213 e. The molecular weight excluding hydrogens is 488 g/mol. The fourth-order valence-corrected chi connectivity index (χ4v) is 4.25. The molecule has 4 aromatic rings. The summed E-state index contributed by atoms with van der Waals surface area (Å²) in [6, 6.07) is 20.5. The van der Waals surface area contributed by atoms with Gasteiger partial charge in [-0.25, -0.2) is 4.68 Å². The number of hydrogen-bond acceptors (Lipinski definition) is 6. The van der Waals surface area contributed by atoms with Crippen molar-refractivity contribution in [3.8, 4) is 17.2 Å². The fourth-order valence-electron chi connectivity index (χ4n) is 4.12. The number of carbonyl (C=O) groups excluding carboxylic acids is 1. The van der Waals surface area contributed by atoms with Crippen molar-refractivity contribution in [2.45, 2.75) is 26.3 Å². The predicted molar refractivity (Wildman–Crippen MR) is 147 cm³/mol. The Hall–Kier alpha value is -3.81. The van der Waals surface area contributed by atoms with Gasteiger partial charge in [-0.3, -0.25) is 4.79 Å². The molecule has 1 heterocycles. The van der Waals surface area contributed by atoms with Crippen LogP contribution in [-0.2, 0) is 13.0 Å². The van der Waals surface area contributed by atoms with Crippen LogP contribution in [0.25, 0.3) is 5.69 Å². The van der Waals surface area contributed by atoms with E-state index in [1.807, 2.05) is 61.5 Å². The van der Waals surface area contributed by atoms with Gasteiger partial charge in [0, 0.05) is 34.3 Å². The third kappa shape index (κ3) is 6.13. The first kappa shape index (κ1) is 26.3. The fraction of sp³-hybridized carbons (Fsp3) is 0.241. The van der Waals surface area contributed by atoms with E-state index in [-0.39, 0.29) is 5.78 Å². The normalized spacial score (nSPS) is 10.9. The van der Waals surface area contributed by atoms with Gasteiger partial charge in [0.1, 0.15) is 23.0 Å². The van der Waals surface area contributed by atoms with Crippen LogP contribution >= 0.6 is 11.6 Å². The van der Waals surface area contributed by atoms with Crippen LogP contribution in [0.2, 0.25) is 5.02 Å². The minimum Gasteiger partial charge on any atom is -0.497 e. The number of anilines is 1. The maximum Gasteiger partial charge on any atom is 0.213 e. The Bertz CT molecular complexity index is 1370. The summed E-state index contributed by atoms with van der Waals surface area (Å²) in [6.07, 6.45) is 1.36. The van der Waals surface area contributed by atoms with Gasteiger partial charge in [-0.1, -0.05) is 47.5 Å². The van der Waals surface area contributed by atoms with Crippen LogP contribution in [0.15, 0.2) is 66.7 Å². The lowest BCUT2D eigenvalue weighted by atomic mass is 10.0. The second-order valence-corrected chi connectivity index (χ2v) is 9.19. The number of halogens is 1. The molecule has 3 N–H and O–H groups in total. The lowest BCUT2D eigenvalue weighted by molar-refractivity contribution is 0.103. The molecule has 0 saturated carbocycles. The minimum absolute atomic E-state index is 0.148. The molecule has 0 unspecified atom stereocenters. The highest BCUT2D eigenvalue weighted by molar-refractivity contribution is 6.30. The maximum atomic E-state index is 13.4. The standard InChI is InChI=1S/C29H31ClN4O3/c1-19-6-8-20(9-7-19)28(35)27-25(29(31)34(33-27)23-13-11-22(30)12-14-23)5-4-16-32-18-21-10-15-24(36-2)17-26(21)37-3/h6-15,17,32H,4-5,16,18,31H2,1-3H3. The third-order valence-electron chi connectivity index (χ3n) is 6.21. The van der Waals surface area contributed by atoms with E-state index in [0.29, 0.717) is 35.1 Å². The average Bonchev–Trinajstić information content (AvgIpc) is 3.24. The Labute approximate surface area is 222 Å². The Morgan fingerprint density at radius 3 is 2.43 bits per heavy atom. The number of benzene rings is 3. The average molecular weight is 519 g/mol. The SMILES string of the molecule is COc1ccc(CNCCCc2c(C(=O)c3ccc(C)cc3)nn(-c3ccc(Cl)cc3)c2N)c(OC)c1. The van der Waals surface area contributed by atoms with Crippen LogP contribution in [0.4, 0.5) is 5.82 Å². The van der Waals surface area contributed by atoms with E-state index >= 15 is 0 Å². The van der Waals surface area contributed by atoms with Gasteiger partial charge >= 0.3 is 0 Å². The molecule has 1 aromatic heterocycles. The van der Waals surface area contributed by atoms with E-state index in [4.69, 9.17) is 26.8 Å². The molecule has 8 heteroatoms. The van der Waals surface area contributed by atoms with Gasteiger partial charge in [-0.2, -0.15) is 5.10 Å². The van der Waals surface area contributed by atoms with Gasteiger partial charge in [0.05, 0.1) is 19.9 Å². The molecule has 0 aliphatic heterocycles. The quantitative estimate of drug-likeness (QED) is 0.204. The Morgan fingerprint density at radius 2 is 1.76 bits per heavy atom. The highest BCUT2D eigenvalue weighted by atomic mass is 35.5. The lowest BCUT2D eigenvalue weighted by Gasteiger charge is -2.11. The zero-order valence-corrected chi connectivity index (χ0v) is 22.0. The molecule has 37 heavy (non-hydrogen) atoms. The molecule has 0 aliphatic rings. The van der Waals surface area contributed by atoms with Crippen LogP contribution in [0, 0.1) is 6.92 Å². The summed E-state index contributed by atoms with van der Waals surface area (Å²) in [5.74, 6) is 1.82. The molecule has 3 aromatic carbocycles. The van der Waals surface area contributed by atoms with Gasteiger partial charge in [0.25, 0.3) is 0 Å². The molecular formula is C29H31ClN4O3. The van der Waals surface area contributed by atoms with E-state index in [9.17, 15) is 4.79 Å². The third-order valence-corrected chi connectivity index (χ3v) is 6.47. The zero-order valence-electron chi connectivity index (χ0n) is 21.3. The highest BCUT2D eigenvalue weighted by Crippen LogP contribution is 2.27. The van der Waals surface area contributed by atoms with E-state index in [1.165, 1.54) is 0 Å². The first-order valence-electron chi connectivity index (χ1n) is 12.1. The predicted octanol–water partition coefficient (Wildman–Crippen LogP) is 5.39. The van der Waals surface area contributed by atoms with Crippen LogP contribution in [0.3, 0.4) is 0 Å². The zero-order chi connectivity index (χ0) is 26.4. The summed E-state index contributed by atoms with van der Waals surface area (Å²) in [5.41, 5.74) is 11.1. The molecule has 192 valence electrons. The van der Waals surface area contributed by atoms with Gasteiger partial charge in [0.2, 0.25) is 5.78 Å². The van der Waals surface area contributed by atoms with E-state index in [1.54, 1.807) is 31.0 Å². The molecule has 0 bridgehead atoms. The first-order chi connectivity index (χ1) is 17.9. The number of carbonyl (C=O) groups is 1.